The molecule has 1 aliphatic heterocycles. The van der Waals surface area contributed by atoms with Gasteiger partial charge in [0.25, 0.3) is 0 Å². The van der Waals surface area contributed by atoms with Crippen LogP contribution in [0.1, 0.15) is 33.9 Å². The van der Waals surface area contributed by atoms with Crippen LogP contribution in [0, 0.1) is 6.92 Å². The molecule has 1 aliphatic rings. The summed E-state index contributed by atoms with van der Waals surface area (Å²) in [5, 5.41) is 19.0. The molecule has 3 nitrogen and oxygen atoms in total. The maximum atomic E-state index is 6.33. The topological polar surface area (TPSA) is 37.5 Å². The van der Waals surface area contributed by atoms with Gasteiger partial charge in [-0.05, 0) is 150 Å². The van der Waals surface area contributed by atoms with Gasteiger partial charge in [0.1, 0.15) is 17.0 Å². The smallest absolute Gasteiger partial charge is 0.135 e. The van der Waals surface area contributed by atoms with Crippen LogP contribution in [-0.2, 0) is 6.42 Å². The number of aryl methyl sites for hydroxylation is 1. The summed E-state index contributed by atoms with van der Waals surface area (Å²) in [6.45, 7) is 2.28. The summed E-state index contributed by atoms with van der Waals surface area (Å²) in [6.07, 6.45) is 0.696. The van der Waals surface area contributed by atoms with Crippen LogP contribution in [0.25, 0.3) is 102 Å². The van der Waals surface area contributed by atoms with E-state index >= 15 is 0 Å². The van der Waals surface area contributed by atoms with Crippen LogP contribution >= 0.6 is 11.3 Å². The first kappa shape index (κ1) is 38.9. The van der Waals surface area contributed by atoms with E-state index in [-0.39, 0.29) is 6.04 Å². The number of hydrogen-bond acceptors (Lipinski definition) is 4. The van der Waals surface area contributed by atoms with Crippen LogP contribution in [0.5, 0.6) is 0 Å². The third-order valence-electron chi connectivity index (χ3n) is 14.3. The van der Waals surface area contributed by atoms with Crippen molar-refractivity contribution in [2.75, 3.05) is 0 Å². The van der Waals surface area contributed by atoms with Gasteiger partial charge in [-0.3, -0.25) is 0 Å². The van der Waals surface area contributed by atoms with E-state index in [9.17, 15) is 0 Å². The molecular formula is C64H42N2OS. The molecular weight excluding hydrogens is 845 g/mol. The quantitative estimate of drug-likeness (QED) is 0.133. The number of amidine groups is 1. The second kappa shape index (κ2) is 15.4. The molecule has 320 valence electrons. The van der Waals surface area contributed by atoms with Crippen LogP contribution in [0.15, 0.2) is 227 Å². The molecule has 68 heavy (non-hydrogen) atoms. The van der Waals surface area contributed by atoms with Crippen molar-refractivity contribution in [1.29, 1.82) is 0 Å². The summed E-state index contributed by atoms with van der Waals surface area (Å²) in [5.41, 5.74) is 12.1. The number of fused-ring (bicyclic) bond motifs is 12. The average Bonchev–Trinajstić information content (AvgIpc) is 3.95. The Morgan fingerprint density at radius 2 is 1.18 bits per heavy atom. The zero-order valence-electron chi connectivity index (χ0n) is 37.3. The van der Waals surface area contributed by atoms with Gasteiger partial charge in [0.15, 0.2) is 0 Å². The highest BCUT2D eigenvalue weighted by Gasteiger charge is 2.30. The number of rotatable bonds is 6. The van der Waals surface area contributed by atoms with Gasteiger partial charge >= 0.3 is 0 Å². The molecule has 0 aliphatic carbocycles. The maximum absolute atomic E-state index is 6.33. The van der Waals surface area contributed by atoms with E-state index in [1.807, 2.05) is 23.5 Å². The SMILES string of the molecule is Cc1cc2sc3ccc4ccccc4c3c2cc1C1NC(c2ccc3oc4ccccc4c3c2)=NC(c2cccc(-c3ccccc3)c2)=C1Cc1ccc2c(ccc3cc4ccccc4cc32)c1. The summed E-state index contributed by atoms with van der Waals surface area (Å²) in [7, 11) is 0. The molecule has 1 atom stereocenters. The fourth-order valence-corrected chi connectivity index (χ4v) is 12.1. The predicted molar refractivity (Wildman–Crippen MR) is 289 cm³/mol. The predicted octanol–water partition coefficient (Wildman–Crippen LogP) is 17.3. The van der Waals surface area contributed by atoms with Crippen molar-refractivity contribution in [3.63, 3.8) is 0 Å². The number of para-hydroxylation sites is 1. The highest BCUT2D eigenvalue weighted by atomic mass is 32.1. The summed E-state index contributed by atoms with van der Waals surface area (Å²) in [5.74, 6) is 0.836. The highest BCUT2D eigenvalue weighted by molar-refractivity contribution is 7.26. The molecule has 0 radical (unpaired) electrons. The van der Waals surface area contributed by atoms with Crippen molar-refractivity contribution in [1.82, 2.24) is 5.32 Å². The van der Waals surface area contributed by atoms with Gasteiger partial charge in [0.05, 0.1) is 11.7 Å². The Bertz CT molecular complexity index is 4290. The lowest BCUT2D eigenvalue weighted by Crippen LogP contribution is -2.35. The molecule has 0 spiro atoms. The van der Waals surface area contributed by atoms with Crippen molar-refractivity contribution < 1.29 is 4.42 Å². The third-order valence-corrected chi connectivity index (χ3v) is 15.4. The fraction of sp³-hybridized carbons (Fsp3) is 0.0469. The van der Waals surface area contributed by atoms with E-state index in [1.165, 1.54) is 91.1 Å². The third kappa shape index (κ3) is 6.36. The largest absolute Gasteiger partial charge is 0.456 e. The number of thiophene rings is 1. The van der Waals surface area contributed by atoms with Crippen molar-refractivity contribution in [2.24, 2.45) is 4.99 Å². The number of hydrogen-bond donors (Lipinski definition) is 1. The number of aliphatic imine (C=N–C) groups is 1. The molecule has 2 aromatic heterocycles. The Morgan fingerprint density at radius 1 is 0.456 bits per heavy atom. The zero-order chi connectivity index (χ0) is 44.9. The van der Waals surface area contributed by atoms with Gasteiger partial charge in [-0.15, -0.1) is 11.3 Å². The minimum atomic E-state index is -0.206. The minimum absolute atomic E-state index is 0.206. The summed E-state index contributed by atoms with van der Waals surface area (Å²) in [6, 6.07) is 77.5. The molecule has 13 aromatic rings. The first-order valence-corrected chi connectivity index (χ1v) is 24.2. The Morgan fingerprint density at radius 3 is 2.06 bits per heavy atom. The molecule has 0 fully saturated rings. The molecule has 0 amide bonds. The van der Waals surface area contributed by atoms with E-state index in [4.69, 9.17) is 9.41 Å². The summed E-state index contributed by atoms with van der Waals surface area (Å²) >= 11 is 1.88. The van der Waals surface area contributed by atoms with Gasteiger partial charge in [-0.2, -0.15) is 0 Å². The maximum Gasteiger partial charge on any atom is 0.135 e. The standard InChI is InChI=1S/C64H42N2OS/c1-38-30-60-55(61-50-19-8-7-14-41(50)26-29-59(61)68-60)37-52(38)63-56(32-39-22-27-49-45(31-39)23-24-46-33-43-15-5-6-16-44(43)35-53(46)49)62(47-18-11-17-42(34-47)40-12-3-2-4-13-40)65-64(66-63)48-25-28-58-54(36-48)51-20-9-10-21-57(51)67-58/h2-31,33-37,63H,32H2,1H3,(H,65,66). The molecule has 1 unspecified atom stereocenters. The van der Waals surface area contributed by atoms with Gasteiger partial charge in [-0.1, -0.05) is 152 Å². The normalized spacial score (nSPS) is 14.3. The summed E-state index contributed by atoms with van der Waals surface area (Å²) < 4.78 is 8.94. The number of nitrogens with one attached hydrogen (secondary N) is 1. The van der Waals surface area contributed by atoms with Crippen LogP contribution in [0.4, 0.5) is 0 Å². The van der Waals surface area contributed by atoms with E-state index < -0.39 is 0 Å². The molecule has 0 bridgehead atoms. The monoisotopic (exact) mass is 886 g/mol. The average molecular weight is 887 g/mol. The van der Waals surface area contributed by atoms with E-state index in [1.54, 1.807) is 0 Å². The lowest BCUT2D eigenvalue weighted by Gasteiger charge is -2.32. The molecule has 11 aromatic carbocycles. The van der Waals surface area contributed by atoms with Crippen LogP contribution in [0.3, 0.4) is 0 Å². The molecule has 3 heterocycles. The molecule has 14 rings (SSSR count). The van der Waals surface area contributed by atoms with Crippen molar-refractivity contribution in [2.45, 2.75) is 19.4 Å². The van der Waals surface area contributed by atoms with Crippen LogP contribution in [0.2, 0.25) is 0 Å². The molecule has 0 saturated heterocycles. The minimum Gasteiger partial charge on any atom is -0.456 e. The first-order chi connectivity index (χ1) is 33.6. The Hall–Kier alpha value is -8.31. The second-order valence-electron chi connectivity index (χ2n) is 18.4. The van der Waals surface area contributed by atoms with Gasteiger partial charge in [-0.25, -0.2) is 4.99 Å². The molecule has 0 saturated carbocycles. The molecule has 1 N–H and O–H groups in total. The first-order valence-electron chi connectivity index (χ1n) is 23.4. The van der Waals surface area contributed by atoms with E-state index in [0.29, 0.717) is 6.42 Å². The van der Waals surface area contributed by atoms with E-state index in [0.717, 1.165) is 50.2 Å². The van der Waals surface area contributed by atoms with E-state index in [2.05, 4.69) is 212 Å². The zero-order valence-corrected chi connectivity index (χ0v) is 38.1. The van der Waals surface area contributed by atoms with Crippen molar-refractivity contribution in [3.05, 3.63) is 246 Å². The van der Waals surface area contributed by atoms with Crippen molar-refractivity contribution in [3.8, 4) is 11.1 Å². The lowest BCUT2D eigenvalue weighted by atomic mass is 9.85. The van der Waals surface area contributed by atoms with Gasteiger partial charge in [0, 0.05) is 42.1 Å². The van der Waals surface area contributed by atoms with Crippen LogP contribution < -0.4 is 5.32 Å². The number of furan rings is 1. The van der Waals surface area contributed by atoms with Gasteiger partial charge < -0.3 is 9.73 Å². The number of benzene rings is 11. The summed E-state index contributed by atoms with van der Waals surface area (Å²) in [4.78, 5) is 5.74. The fourth-order valence-electron chi connectivity index (χ4n) is 10.9. The lowest BCUT2D eigenvalue weighted by molar-refractivity contribution is 0.669. The Balaban J connectivity index is 1.01. The Labute approximate surface area is 396 Å². The van der Waals surface area contributed by atoms with Crippen molar-refractivity contribution >= 4 is 108 Å². The van der Waals surface area contributed by atoms with Crippen LogP contribution in [-0.4, -0.2) is 5.84 Å². The highest BCUT2D eigenvalue weighted by Crippen LogP contribution is 2.45. The Kier molecular flexibility index (Phi) is 8.80. The number of nitrogens with zero attached hydrogens (tertiary/aromatic N) is 1. The second-order valence-corrected chi connectivity index (χ2v) is 19.4. The van der Waals surface area contributed by atoms with Gasteiger partial charge in [0.2, 0.25) is 0 Å². The molecule has 4 heteroatoms.